The number of benzene rings is 3. The van der Waals surface area contributed by atoms with Crippen molar-refractivity contribution in [3.05, 3.63) is 76.9 Å². The standard InChI is InChI=1S/C25H25N3O6S/c1-15-4-8-20(17(3)10-15)28-35(31,32)23-12-19(7-5-16(23)2)27-24(29)13-26-25(30)18-6-9-21-22(11-18)34-14-33-21/h4-12,28H,13-14H2,1-3H3,(H,26,30)(H,27,29). The van der Waals surface area contributed by atoms with Gasteiger partial charge < -0.3 is 20.1 Å². The molecule has 0 atom stereocenters. The Morgan fingerprint density at radius 3 is 2.43 bits per heavy atom. The molecule has 3 aromatic carbocycles. The number of ether oxygens (including phenoxy) is 2. The van der Waals surface area contributed by atoms with Crippen LogP contribution in [0.1, 0.15) is 27.0 Å². The van der Waals surface area contributed by atoms with Crippen molar-refractivity contribution in [2.24, 2.45) is 0 Å². The molecular weight excluding hydrogens is 470 g/mol. The molecule has 0 fully saturated rings. The minimum absolute atomic E-state index is 0.0414. The van der Waals surface area contributed by atoms with Gasteiger partial charge in [0.1, 0.15) is 0 Å². The van der Waals surface area contributed by atoms with E-state index in [9.17, 15) is 18.0 Å². The number of aryl methyl sites for hydroxylation is 3. The Morgan fingerprint density at radius 2 is 1.66 bits per heavy atom. The summed E-state index contributed by atoms with van der Waals surface area (Å²) in [7, 11) is -3.90. The average Bonchev–Trinajstić information content (AvgIpc) is 3.28. The summed E-state index contributed by atoms with van der Waals surface area (Å²) in [6.07, 6.45) is 0. The van der Waals surface area contributed by atoms with E-state index in [1.165, 1.54) is 12.1 Å². The van der Waals surface area contributed by atoms with E-state index in [0.29, 0.717) is 34.0 Å². The highest BCUT2D eigenvalue weighted by Gasteiger charge is 2.20. The molecule has 0 saturated carbocycles. The molecule has 0 saturated heterocycles. The first-order chi connectivity index (χ1) is 16.6. The minimum atomic E-state index is -3.90. The van der Waals surface area contributed by atoms with Crippen LogP contribution in [0.4, 0.5) is 11.4 Å². The van der Waals surface area contributed by atoms with Crippen LogP contribution in [0.15, 0.2) is 59.5 Å². The number of hydrogen-bond acceptors (Lipinski definition) is 6. The highest BCUT2D eigenvalue weighted by atomic mass is 32.2. The molecule has 1 heterocycles. The van der Waals surface area contributed by atoms with Crippen molar-refractivity contribution in [2.45, 2.75) is 25.7 Å². The van der Waals surface area contributed by atoms with Gasteiger partial charge in [0.05, 0.1) is 17.1 Å². The molecule has 10 heteroatoms. The Balaban J connectivity index is 1.41. The maximum absolute atomic E-state index is 13.1. The lowest BCUT2D eigenvalue weighted by Crippen LogP contribution is -2.32. The second-order valence-electron chi connectivity index (χ2n) is 8.20. The van der Waals surface area contributed by atoms with Crippen molar-refractivity contribution in [2.75, 3.05) is 23.4 Å². The Morgan fingerprint density at radius 1 is 0.886 bits per heavy atom. The number of fused-ring (bicyclic) bond motifs is 1. The van der Waals surface area contributed by atoms with E-state index in [-0.39, 0.29) is 18.2 Å². The number of anilines is 2. The van der Waals surface area contributed by atoms with Gasteiger partial charge >= 0.3 is 0 Å². The predicted octanol–water partition coefficient (Wildman–Crippen LogP) is 3.51. The fourth-order valence-corrected chi connectivity index (χ4v) is 5.00. The van der Waals surface area contributed by atoms with E-state index >= 15 is 0 Å². The number of carbonyl (C=O) groups excluding carboxylic acids is 2. The summed E-state index contributed by atoms with van der Waals surface area (Å²) in [5.74, 6) is 0.0540. The molecule has 35 heavy (non-hydrogen) atoms. The summed E-state index contributed by atoms with van der Waals surface area (Å²) < 4.78 is 39.2. The van der Waals surface area contributed by atoms with Crippen LogP contribution in [0.5, 0.6) is 11.5 Å². The zero-order chi connectivity index (χ0) is 25.2. The van der Waals surface area contributed by atoms with Crippen LogP contribution in [0.3, 0.4) is 0 Å². The molecule has 9 nitrogen and oxygen atoms in total. The second kappa shape index (κ2) is 9.67. The largest absolute Gasteiger partial charge is 0.454 e. The van der Waals surface area contributed by atoms with Crippen LogP contribution in [-0.4, -0.2) is 33.6 Å². The van der Waals surface area contributed by atoms with Gasteiger partial charge in [0.25, 0.3) is 15.9 Å². The van der Waals surface area contributed by atoms with Gasteiger partial charge in [0, 0.05) is 11.3 Å². The lowest BCUT2D eigenvalue weighted by molar-refractivity contribution is -0.115. The third-order valence-corrected chi connectivity index (χ3v) is 6.94. The van der Waals surface area contributed by atoms with Crippen LogP contribution < -0.4 is 24.8 Å². The molecule has 0 bridgehead atoms. The third-order valence-electron chi connectivity index (χ3n) is 5.43. The molecule has 3 N–H and O–H groups in total. The molecular formula is C25H25N3O6S. The maximum Gasteiger partial charge on any atom is 0.262 e. The third kappa shape index (κ3) is 5.55. The quantitative estimate of drug-likeness (QED) is 0.461. The van der Waals surface area contributed by atoms with Crippen molar-refractivity contribution in [3.8, 4) is 11.5 Å². The van der Waals surface area contributed by atoms with Gasteiger partial charge in [-0.15, -0.1) is 0 Å². The van der Waals surface area contributed by atoms with Crippen LogP contribution in [0, 0.1) is 20.8 Å². The van der Waals surface area contributed by atoms with Crippen molar-refractivity contribution in [1.82, 2.24) is 5.32 Å². The fraction of sp³-hybridized carbons (Fsp3) is 0.200. The van der Waals surface area contributed by atoms with Crippen molar-refractivity contribution >= 4 is 33.2 Å². The molecule has 0 aliphatic carbocycles. The van der Waals surface area contributed by atoms with Gasteiger partial charge in [0.2, 0.25) is 12.7 Å². The summed E-state index contributed by atoms with van der Waals surface area (Å²) in [4.78, 5) is 24.8. The zero-order valence-corrected chi connectivity index (χ0v) is 20.3. The monoisotopic (exact) mass is 495 g/mol. The van der Waals surface area contributed by atoms with E-state index in [4.69, 9.17) is 9.47 Å². The van der Waals surface area contributed by atoms with Crippen LogP contribution in [-0.2, 0) is 14.8 Å². The maximum atomic E-state index is 13.1. The fourth-order valence-electron chi connectivity index (χ4n) is 3.60. The first-order valence-electron chi connectivity index (χ1n) is 10.8. The molecule has 2 amide bonds. The topological polar surface area (TPSA) is 123 Å². The van der Waals surface area contributed by atoms with Crippen LogP contribution in [0.25, 0.3) is 0 Å². The Kier molecular flexibility index (Phi) is 6.65. The average molecular weight is 496 g/mol. The van der Waals surface area contributed by atoms with Crippen molar-refractivity contribution in [3.63, 3.8) is 0 Å². The summed E-state index contributed by atoms with van der Waals surface area (Å²) in [6.45, 7) is 5.22. The van der Waals surface area contributed by atoms with Crippen LogP contribution in [0.2, 0.25) is 0 Å². The summed E-state index contributed by atoms with van der Waals surface area (Å²) in [5.41, 5.74) is 3.44. The number of hydrogen-bond donors (Lipinski definition) is 3. The van der Waals surface area contributed by atoms with Gasteiger partial charge in [-0.1, -0.05) is 23.8 Å². The highest BCUT2D eigenvalue weighted by Crippen LogP contribution is 2.32. The summed E-state index contributed by atoms with van der Waals surface area (Å²) in [6, 6.07) is 14.8. The van der Waals surface area contributed by atoms with Gasteiger partial charge in [-0.25, -0.2) is 8.42 Å². The van der Waals surface area contributed by atoms with E-state index in [1.54, 1.807) is 37.3 Å². The van der Waals surface area contributed by atoms with E-state index in [0.717, 1.165) is 11.1 Å². The molecule has 1 aliphatic rings. The minimum Gasteiger partial charge on any atom is -0.454 e. The molecule has 0 aromatic heterocycles. The molecule has 4 rings (SSSR count). The Labute approximate surface area is 203 Å². The normalized spacial score (nSPS) is 12.2. The molecule has 0 unspecified atom stereocenters. The lowest BCUT2D eigenvalue weighted by atomic mass is 10.1. The summed E-state index contributed by atoms with van der Waals surface area (Å²) >= 11 is 0. The molecule has 1 aliphatic heterocycles. The zero-order valence-electron chi connectivity index (χ0n) is 19.5. The van der Waals surface area contributed by atoms with Gasteiger partial charge in [-0.2, -0.15) is 0 Å². The second-order valence-corrected chi connectivity index (χ2v) is 9.85. The molecule has 3 aromatic rings. The summed E-state index contributed by atoms with van der Waals surface area (Å²) in [5, 5.41) is 5.15. The first kappa shape index (κ1) is 24.1. The Bertz CT molecular complexity index is 1420. The van der Waals surface area contributed by atoms with Crippen molar-refractivity contribution in [1.29, 1.82) is 0 Å². The first-order valence-corrected chi connectivity index (χ1v) is 12.3. The predicted molar refractivity (Wildman–Crippen MR) is 131 cm³/mol. The number of rotatable bonds is 7. The number of sulfonamides is 1. The number of nitrogens with one attached hydrogen (secondary N) is 3. The van der Waals surface area contributed by atoms with Gasteiger partial charge in [-0.05, 0) is 68.3 Å². The van der Waals surface area contributed by atoms with Gasteiger partial charge in [0.15, 0.2) is 11.5 Å². The Hall–Kier alpha value is -4.05. The molecule has 0 spiro atoms. The number of carbonyl (C=O) groups is 2. The van der Waals surface area contributed by atoms with Crippen molar-refractivity contribution < 1.29 is 27.5 Å². The van der Waals surface area contributed by atoms with E-state index in [2.05, 4.69) is 15.4 Å². The molecule has 0 radical (unpaired) electrons. The molecule has 182 valence electrons. The highest BCUT2D eigenvalue weighted by molar-refractivity contribution is 7.92. The van der Waals surface area contributed by atoms with E-state index in [1.807, 2.05) is 26.0 Å². The smallest absolute Gasteiger partial charge is 0.262 e. The van der Waals surface area contributed by atoms with E-state index < -0.39 is 21.8 Å². The SMILES string of the molecule is Cc1ccc(NS(=O)(=O)c2cc(NC(=O)CNC(=O)c3ccc4c(c3)OCO4)ccc2C)c(C)c1. The van der Waals surface area contributed by atoms with Crippen LogP contribution >= 0.6 is 0 Å². The van der Waals surface area contributed by atoms with Gasteiger partial charge in [-0.3, -0.25) is 14.3 Å². The lowest BCUT2D eigenvalue weighted by Gasteiger charge is -2.14. The number of amides is 2.